The Morgan fingerprint density at radius 2 is 1.90 bits per heavy atom. The molecular weight excluding hydrogens is 423 g/mol. The van der Waals surface area contributed by atoms with Crippen molar-refractivity contribution in [2.75, 3.05) is 0 Å². The highest BCUT2D eigenvalue weighted by Crippen LogP contribution is 2.32. The Morgan fingerprint density at radius 1 is 1.13 bits per heavy atom. The van der Waals surface area contributed by atoms with Crippen molar-refractivity contribution in [3.63, 3.8) is 0 Å². The number of ether oxygens (including phenoxy) is 1. The summed E-state index contributed by atoms with van der Waals surface area (Å²) in [5, 5.41) is 7.21. The molecule has 4 rings (SSSR count). The number of hydrogen-bond donors (Lipinski definition) is 2. The largest absolute Gasteiger partial charge is 0.483 e. The third kappa shape index (κ3) is 4.79. The van der Waals surface area contributed by atoms with Crippen LogP contribution in [0.15, 0.2) is 54.3 Å². The molecule has 1 saturated heterocycles. The topological polar surface area (TPSA) is 67.4 Å². The van der Waals surface area contributed by atoms with E-state index in [0.29, 0.717) is 35.9 Å². The summed E-state index contributed by atoms with van der Waals surface area (Å²) in [6, 6.07) is 14.5. The lowest BCUT2D eigenvalue weighted by Crippen LogP contribution is -2.54. The standard InChI is InChI=1S/C23H22Cl2N2O3/c24-17-8-5-14(6-9-17)13-26-22(28)16-7-10-20-19(11-16)27-23(29)21(30-20)12-15-3-1-2-4-18(15)25/h1-6,8-9,12,16,19-20H,7,10-11,13H2,(H,26,28)(H,27,29)/b21-12-. The van der Waals surface area contributed by atoms with E-state index in [4.69, 9.17) is 27.9 Å². The normalized spacial score (nSPS) is 24.5. The second-order valence-corrected chi connectivity index (χ2v) is 8.46. The number of halogens is 2. The number of benzene rings is 2. The van der Waals surface area contributed by atoms with Crippen LogP contribution in [0, 0.1) is 5.92 Å². The maximum absolute atomic E-state index is 12.6. The Kier molecular flexibility index (Phi) is 6.30. The van der Waals surface area contributed by atoms with Gasteiger partial charge in [0.2, 0.25) is 5.91 Å². The van der Waals surface area contributed by atoms with E-state index in [9.17, 15) is 9.59 Å². The van der Waals surface area contributed by atoms with E-state index in [1.165, 1.54) is 0 Å². The molecule has 1 saturated carbocycles. The van der Waals surface area contributed by atoms with Crippen molar-refractivity contribution in [3.8, 4) is 0 Å². The maximum atomic E-state index is 12.6. The smallest absolute Gasteiger partial charge is 0.286 e. The number of morpholine rings is 1. The number of carbonyl (C=O) groups is 2. The van der Waals surface area contributed by atoms with Gasteiger partial charge >= 0.3 is 0 Å². The molecule has 2 N–H and O–H groups in total. The minimum atomic E-state index is -0.279. The molecule has 5 nitrogen and oxygen atoms in total. The van der Waals surface area contributed by atoms with Gasteiger partial charge in [-0.1, -0.05) is 53.5 Å². The van der Waals surface area contributed by atoms with E-state index in [2.05, 4.69) is 10.6 Å². The van der Waals surface area contributed by atoms with Gasteiger partial charge in [-0.2, -0.15) is 0 Å². The molecule has 0 aromatic heterocycles. The van der Waals surface area contributed by atoms with E-state index < -0.39 is 0 Å². The lowest BCUT2D eigenvalue weighted by atomic mass is 9.82. The number of hydrogen-bond acceptors (Lipinski definition) is 3. The molecule has 1 heterocycles. The second-order valence-electron chi connectivity index (χ2n) is 7.62. The van der Waals surface area contributed by atoms with Gasteiger partial charge in [0.15, 0.2) is 5.76 Å². The zero-order chi connectivity index (χ0) is 21.1. The van der Waals surface area contributed by atoms with E-state index in [1.54, 1.807) is 24.3 Å². The molecule has 1 aliphatic carbocycles. The van der Waals surface area contributed by atoms with Gasteiger partial charge in [0, 0.05) is 22.5 Å². The van der Waals surface area contributed by atoms with Gasteiger partial charge in [-0.05, 0) is 54.7 Å². The zero-order valence-corrected chi connectivity index (χ0v) is 17.7. The van der Waals surface area contributed by atoms with E-state index in [1.807, 2.05) is 30.3 Å². The Bertz CT molecular complexity index is 975. The fourth-order valence-corrected chi connectivity index (χ4v) is 4.21. The first-order chi connectivity index (χ1) is 14.5. The quantitative estimate of drug-likeness (QED) is 0.689. The highest BCUT2D eigenvalue weighted by Gasteiger charge is 2.40. The summed E-state index contributed by atoms with van der Waals surface area (Å²) >= 11 is 12.1. The third-order valence-corrected chi connectivity index (χ3v) is 6.14. The van der Waals surface area contributed by atoms with Crippen molar-refractivity contribution in [3.05, 3.63) is 75.5 Å². The Morgan fingerprint density at radius 3 is 2.67 bits per heavy atom. The highest BCUT2D eigenvalue weighted by molar-refractivity contribution is 6.32. The lowest BCUT2D eigenvalue weighted by molar-refractivity contribution is -0.134. The minimum absolute atomic E-state index is 0.00458. The van der Waals surface area contributed by atoms with Crippen LogP contribution in [0.1, 0.15) is 30.4 Å². The van der Waals surface area contributed by atoms with Gasteiger partial charge in [0.05, 0.1) is 6.04 Å². The molecule has 2 amide bonds. The van der Waals surface area contributed by atoms with Gasteiger partial charge < -0.3 is 15.4 Å². The molecule has 3 unspecified atom stereocenters. The summed E-state index contributed by atoms with van der Waals surface area (Å²) in [4.78, 5) is 25.1. The van der Waals surface area contributed by atoms with Crippen LogP contribution in [0.3, 0.4) is 0 Å². The van der Waals surface area contributed by atoms with Gasteiger partial charge in [0.25, 0.3) is 5.91 Å². The monoisotopic (exact) mass is 444 g/mol. The van der Waals surface area contributed by atoms with Crippen molar-refractivity contribution < 1.29 is 14.3 Å². The molecule has 1 aliphatic heterocycles. The van der Waals surface area contributed by atoms with Crippen molar-refractivity contribution >= 4 is 41.1 Å². The summed E-state index contributed by atoms with van der Waals surface area (Å²) in [5.41, 5.74) is 1.73. The molecule has 0 bridgehead atoms. The van der Waals surface area contributed by atoms with Crippen LogP contribution in [0.2, 0.25) is 10.0 Å². The Hall–Kier alpha value is -2.50. The Balaban J connectivity index is 1.35. The predicted octanol–water partition coefficient (Wildman–Crippen LogP) is 4.33. The van der Waals surface area contributed by atoms with Crippen LogP contribution >= 0.6 is 23.2 Å². The molecule has 7 heteroatoms. The predicted molar refractivity (Wildman–Crippen MR) is 117 cm³/mol. The molecule has 2 aliphatic rings. The second kappa shape index (κ2) is 9.11. The average molecular weight is 445 g/mol. The summed E-state index contributed by atoms with van der Waals surface area (Å²) < 4.78 is 5.98. The van der Waals surface area contributed by atoms with Gasteiger partial charge in [-0.3, -0.25) is 9.59 Å². The molecule has 0 spiro atoms. The first-order valence-electron chi connectivity index (χ1n) is 9.95. The zero-order valence-electron chi connectivity index (χ0n) is 16.2. The van der Waals surface area contributed by atoms with Crippen molar-refractivity contribution in [1.29, 1.82) is 0 Å². The van der Waals surface area contributed by atoms with Crippen molar-refractivity contribution in [1.82, 2.24) is 10.6 Å². The molecule has 2 aromatic carbocycles. The number of rotatable bonds is 4. The molecule has 2 fully saturated rings. The van der Waals surface area contributed by atoms with Crippen LogP contribution < -0.4 is 10.6 Å². The molecule has 0 radical (unpaired) electrons. The number of nitrogens with one attached hydrogen (secondary N) is 2. The summed E-state index contributed by atoms with van der Waals surface area (Å²) in [7, 11) is 0. The first kappa shape index (κ1) is 20.8. The fourth-order valence-electron chi connectivity index (χ4n) is 3.90. The number of carbonyl (C=O) groups excluding carboxylic acids is 2. The van der Waals surface area contributed by atoms with Gasteiger partial charge in [-0.25, -0.2) is 0 Å². The van der Waals surface area contributed by atoms with E-state index >= 15 is 0 Å². The summed E-state index contributed by atoms with van der Waals surface area (Å²) in [6.45, 7) is 0.453. The van der Waals surface area contributed by atoms with Crippen LogP contribution in [-0.4, -0.2) is 24.0 Å². The maximum Gasteiger partial charge on any atom is 0.286 e. The van der Waals surface area contributed by atoms with Crippen molar-refractivity contribution in [2.45, 2.75) is 38.0 Å². The lowest BCUT2D eigenvalue weighted by Gasteiger charge is -2.39. The van der Waals surface area contributed by atoms with Gasteiger partial charge in [-0.15, -0.1) is 0 Å². The number of fused-ring (bicyclic) bond motifs is 1. The fraction of sp³-hybridized carbons (Fsp3) is 0.304. The molecule has 3 atom stereocenters. The van der Waals surface area contributed by atoms with Crippen LogP contribution in [0.5, 0.6) is 0 Å². The SMILES string of the molecule is O=C1NC2CC(C(=O)NCc3ccc(Cl)cc3)CCC2O/C1=C\c1ccccc1Cl. The minimum Gasteiger partial charge on any atom is -0.483 e. The van der Waals surface area contributed by atoms with Crippen molar-refractivity contribution in [2.24, 2.45) is 5.92 Å². The summed E-state index contributed by atoms with van der Waals surface area (Å²) in [5.74, 6) is -0.181. The van der Waals surface area contributed by atoms with E-state index in [0.717, 1.165) is 11.1 Å². The molecule has 2 aromatic rings. The average Bonchev–Trinajstić information content (AvgIpc) is 2.75. The number of amides is 2. The Labute approximate surface area is 185 Å². The van der Waals surface area contributed by atoms with Gasteiger partial charge in [0.1, 0.15) is 6.10 Å². The highest BCUT2D eigenvalue weighted by atomic mass is 35.5. The third-order valence-electron chi connectivity index (χ3n) is 5.55. The first-order valence-corrected chi connectivity index (χ1v) is 10.7. The molecule has 156 valence electrons. The summed E-state index contributed by atoms with van der Waals surface area (Å²) in [6.07, 6.45) is 3.49. The van der Waals surface area contributed by atoms with Crippen LogP contribution in [0.4, 0.5) is 0 Å². The van der Waals surface area contributed by atoms with Crippen LogP contribution in [0.25, 0.3) is 6.08 Å². The van der Waals surface area contributed by atoms with E-state index in [-0.39, 0.29) is 35.6 Å². The molecule has 30 heavy (non-hydrogen) atoms. The molecular formula is C23H22Cl2N2O3. The van der Waals surface area contributed by atoms with Crippen LogP contribution in [-0.2, 0) is 20.9 Å².